The number of amides is 1. The molecule has 8 nitrogen and oxygen atoms in total. The topological polar surface area (TPSA) is 108 Å². The predicted molar refractivity (Wildman–Crippen MR) is 136 cm³/mol. The van der Waals surface area contributed by atoms with Crippen molar-refractivity contribution < 1.29 is 14.6 Å². The Balaban J connectivity index is 1.54. The van der Waals surface area contributed by atoms with Crippen molar-refractivity contribution in [1.29, 1.82) is 0 Å². The van der Waals surface area contributed by atoms with Crippen LogP contribution in [0.25, 0.3) is 0 Å². The van der Waals surface area contributed by atoms with Gasteiger partial charge in [-0.15, -0.1) is 0 Å². The maximum atomic E-state index is 13.0. The van der Waals surface area contributed by atoms with Crippen LogP contribution in [0.5, 0.6) is 5.75 Å². The zero-order valence-electron chi connectivity index (χ0n) is 19.4. The van der Waals surface area contributed by atoms with E-state index in [-0.39, 0.29) is 18.0 Å². The van der Waals surface area contributed by atoms with Gasteiger partial charge in [-0.3, -0.25) is 9.78 Å². The number of aromatic amines is 1. The van der Waals surface area contributed by atoms with Crippen LogP contribution in [-0.2, 0) is 0 Å². The van der Waals surface area contributed by atoms with Crippen LogP contribution in [0.3, 0.4) is 0 Å². The Bertz CT molecular complexity index is 1200. The first-order valence-electron chi connectivity index (χ1n) is 11.7. The molecule has 3 aromatic rings. The first-order valence-corrected chi connectivity index (χ1v) is 12.1. The van der Waals surface area contributed by atoms with E-state index in [0.29, 0.717) is 42.5 Å². The zero-order valence-corrected chi connectivity index (χ0v) is 20.1. The van der Waals surface area contributed by atoms with Crippen LogP contribution in [0.15, 0.2) is 65.6 Å². The standard InChI is InChI=1S/C26H29ClN4O4/c27-22-10-9-19(17-21(22)24(32)29-18-26(34)12-5-2-6-13-26)31(23-11-14-28-25(33)30-23)15-16-35-20-7-3-1-4-8-20/h1,3-4,7-11,14,17,34H,2,5-6,12-13,15-16,18H2,(H,29,32)(H,28,30,33). The first kappa shape index (κ1) is 24.8. The Labute approximate surface area is 208 Å². The smallest absolute Gasteiger partial charge is 0.346 e. The van der Waals surface area contributed by atoms with E-state index in [9.17, 15) is 14.7 Å². The minimum atomic E-state index is -0.880. The second-order valence-electron chi connectivity index (χ2n) is 8.71. The van der Waals surface area contributed by atoms with Gasteiger partial charge in [-0.25, -0.2) is 9.78 Å². The highest BCUT2D eigenvalue weighted by Crippen LogP contribution is 2.29. The summed E-state index contributed by atoms with van der Waals surface area (Å²) in [5.74, 6) is 0.874. The minimum Gasteiger partial charge on any atom is -0.492 e. The second kappa shape index (κ2) is 11.4. The van der Waals surface area contributed by atoms with Crippen molar-refractivity contribution in [2.24, 2.45) is 0 Å². The van der Waals surface area contributed by atoms with Crippen LogP contribution >= 0.6 is 11.6 Å². The van der Waals surface area contributed by atoms with Crippen molar-refractivity contribution in [2.45, 2.75) is 37.7 Å². The van der Waals surface area contributed by atoms with Crippen LogP contribution in [-0.4, -0.2) is 46.3 Å². The number of aliphatic hydroxyl groups is 1. The third-order valence-corrected chi connectivity index (χ3v) is 6.47. The average Bonchev–Trinajstić information content (AvgIpc) is 2.87. The Morgan fingerprint density at radius 3 is 2.66 bits per heavy atom. The quantitative estimate of drug-likeness (QED) is 0.412. The summed E-state index contributed by atoms with van der Waals surface area (Å²) in [4.78, 5) is 33.1. The number of H-pyrrole nitrogens is 1. The summed E-state index contributed by atoms with van der Waals surface area (Å²) in [6.45, 7) is 0.890. The number of hydrogen-bond acceptors (Lipinski definition) is 6. The van der Waals surface area contributed by atoms with E-state index in [0.717, 1.165) is 25.0 Å². The van der Waals surface area contributed by atoms with Gasteiger partial charge in [0, 0.05) is 18.4 Å². The lowest BCUT2D eigenvalue weighted by Gasteiger charge is -2.32. The molecule has 184 valence electrons. The molecule has 2 aromatic carbocycles. The molecule has 1 aliphatic carbocycles. The van der Waals surface area contributed by atoms with Gasteiger partial charge in [-0.2, -0.15) is 0 Å². The molecule has 35 heavy (non-hydrogen) atoms. The number of rotatable bonds is 9. The van der Waals surface area contributed by atoms with Gasteiger partial charge in [0.05, 0.1) is 22.7 Å². The number of nitrogens with one attached hydrogen (secondary N) is 2. The van der Waals surface area contributed by atoms with Crippen molar-refractivity contribution in [2.75, 3.05) is 24.6 Å². The molecule has 0 saturated heterocycles. The van der Waals surface area contributed by atoms with Gasteiger partial charge >= 0.3 is 5.69 Å². The summed E-state index contributed by atoms with van der Waals surface area (Å²) in [5, 5.41) is 13.9. The number of benzene rings is 2. The van der Waals surface area contributed by atoms with Crippen LogP contribution in [0, 0.1) is 0 Å². The molecule has 0 radical (unpaired) electrons. The number of para-hydroxylation sites is 1. The third kappa shape index (κ3) is 6.61. The largest absolute Gasteiger partial charge is 0.492 e. The SMILES string of the molecule is O=C(NCC1(O)CCCCC1)c1cc(N(CCOc2ccccc2)c2ccnc(=O)[nH]2)ccc1Cl. The molecule has 1 amide bonds. The number of aromatic nitrogens is 2. The van der Waals surface area contributed by atoms with E-state index in [2.05, 4.69) is 15.3 Å². The number of ether oxygens (including phenoxy) is 1. The van der Waals surface area contributed by atoms with E-state index in [1.165, 1.54) is 6.20 Å². The molecule has 0 aliphatic heterocycles. The van der Waals surface area contributed by atoms with Crippen molar-refractivity contribution in [3.63, 3.8) is 0 Å². The van der Waals surface area contributed by atoms with E-state index < -0.39 is 11.3 Å². The minimum absolute atomic E-state index is 0.179. The monoisotopic (exact) mass is 496 g/mol. The molecule has 1 aliphatic rings. The molecule has 0 atom stereocenters. The lowest BCUT2D eigenvalue weighted by Crippen LogP contribution is -2.44. The molecule has 1 aromatic heterocycles. The maximum Gasteiger partial charge on any atom is 0.346 e. The summed E-state index contributed by atoms with van der Waals surface area (Å²) in [6.07, 6.45) is 5.77. The van der Waals surface area contributed by atoms with Gasteiger partial charge in [-0.05, 0) is 49.2 Å². The molecule has 9 heteroatoms. The first-order chi connectivity index (χ1) is 16.9. The molecular formula is C26H29ClN4O4. The average molecular weight is 497 g/mol. The molecule has 1 saturated carbocycles. The Hall–Kier alpha value is -3.36. The van der Waals surface area contributed by atoms with E-state index in [4.69, 9.17) is 16.3 Å². The number of carbonyl (C=O) groups is 1. The molecular weight excluding hydrogens is 468 g/mol. The number of carbonyl (C=O) groups excluding carboxylic acids is 1. The fourth-order valence-corrected chi connectivity index (χ4v) is 4.46. The Morgan fingerprint density at radius 2 is 1.91 bits per heavy atom. The highest BCUT2D eigenvalue weighted by Gasteiger charge is 2.30. The normalized spacial score (nSPS) is 14.8. The third-order valence-electron chi connectivity index (χ3n) is 6.15. The van der Waals surface area contributed by atoms with Crippen molar-refractivity contribution in [3.05, 3.63) is 81.9 Å². The highest BCUT2D eigenvalue weighted by molar-refractivity contribution is 6.34. The Morgan fingerprint density at radius 1 is 1.14 bits per heavy atom. The molecule has 0 spiro atoms. The molecule has 4 rings (SSSR count). The van der Waals surface area contributed by atoms with E-state index in [1.807, 2.05) is 35.2 Å². The summed E-state index contributed by atoms with van der Waals surface area (Å²) in [5.41, 5.74) is -0.428. The highest BCUT2D eigenvalue weighted by atomic mass is 35.5. The molecule has 0 unspecified atom stereocenters. The fraction of sp³-hybridized carbons (Fsp3) is 0.346. The number of anilines is 2. The summed E-state index contributed by atoms with van der Waals surface area (Å²) in [7, 11) is 0. The van der Waals surface area contributed by atoms with E-state index >= 15 is 0 Å². The van der Waals surface area contributed by atoms with E-state index in [1.54, 1.807) is 24.3 Å². The van der Waals surface area contributed by atoms with Crippen molar-refractivity contribution >= 4 is 29.0 Å². The summed E-state index contributed by atoms with van der Waals surface area (Å²) in [6, 6.07) is 16.2. The molecule has 0 bridgehead atoms. The zero-order chi connectivity index (χ0) is 24.7. The van der Waals surface area contributed by atoms with Crippen molar-refractivity contribution in [1.82, 2.24) is 15.3 Å². The fourth-order valence-electron chi connectivity index (χ4n) is 4.26. The Kier molecular flexibility index (Phi) is 8.05. The lowest BCUT2D eigenvalue weighted by atomic mass is 9.85. The summed E-state index contributed by atoms with van der Waals surface area (Å²) >= 11 is 6.37. The maximum absolute atomic E-state index is 13.0. The van der Waals surface area contributed by atoms with Crippen LogP contribution < -0.4 is 20.6 Å². The number of halogens is 1. The lowest BCUT2D eigenvalue weighted by molar-refractivity contribution is 0.00526. The molecule has 1 heterocycles. The number of hydrogen-bond donors (Lipinski definition) is 3. The second-order valence-corrected chi connectivity index (χ2v) is 9.11. The van der Waals surface area contributed by atoms with Gasteiger partial charge in [0.15, 0.2) is 0 Å². The van der Waals surface area contributed by atoms with Gasteiger partial charge in [0.25, 0.3) is 5.91 Å². The predicted octanol–water partition coefficient (Wildman–Crippen LogP) is 4.07. The van der Waals surface area contributed by atoms with Gasteiger partial charge < -0.3 is 20.1 Å². The van der Waals surface area contributed by atoms with Crippen LogP contribution in [0.2, 0.25) is 5.02 Å². The van der Waals surface area contributed by atoms with Gasteiger partial charge in [-0.1, -0.05) is 49.1 Å². The number of nitrogens with zero attached hydrogens (tertiary/aromatic N) is 2. The molecule has 1 fully saturated rings. The van der Waals surface area contributed by atoms with Crippen LogP contribution in [0.1, 0.15) is 42.5 Å². The molecule has 3 N–H and O–H groups in total. The van der Waals surface area contributed by atoms with Crippen molar-refractivity contribution in [3.8, 4) is 5.75 Å². The van der Waals surface area contributed by atoms with Crippen LogP contribution in [0.4, 0.5) is 11.5 Å². The van der Waals surface area contributed by atoms with Gasteiger partial charge in [0.1, 0.15) is 18.2 Å². The summed E-state index contributed by atoms with van der Waals surface area (Å²) < 4.78 is 5.85. The van der Waals surface area contributed by atoms with Gasteiger partial charge in [0.2, 0.25) is 0 Å².